The Morgan fingerprint density at radius 2 is 1.92 bits per heavy atom. The lowest BCUT2D eigenvalue weighted by atomic mass is 9.88. The van der Waals surface area contributed by atoms with Crippen molar-refractivity contribution in [2.24, 2.45) is 5.92 Å². The molecule has 0 bridgehead atoms. The summed E-state index contributed by atoms with van der Waals surface area (Å²) in [6.45, 7) is 0. The molecule has 1 rings (SSSR count). The van der Waals surface area contributed by atoms with Crippen molar-refractivity contribution in [1.29, 1.82) is 0 Å². The van der Waals surface area contributed by atoms with Crippen molar-refractivity contribution in [1.82, 2.24) is 0 Å². The molecule has 0 amide bonds. The van der Waals surface area contributed by atoms with Crippen molar-refractivity contribution in [2.75, 3.05) is 6.26 Å². The van der Waals surface area contributed by atoms with E-state index in [2.05, 4.69) is 0 Å². The lowest BCUT2D eigenvalue weighted by Crippen LogP contribution is -2.29. The molecule has 0 N–H and O–H groups in total. The number of alkyl halides is 3. The smallest absolute Gasteiger partial charge is 0.171 e. The van der Waals surface area contributed by atoms with Crippen molar-refractivity contribution in [3.05, 3.63) is 0 Å². The molecule has 72 valence electrons. The van der Waals surface area contributed by atoms with E-state index in [0.717, 1.165) is 12.8 Å². The van der Waals surface area contributed by atoms with Crippen molar-refractivity contribution in [3.8, 4) is 0 Å². The predicted octanol–water partition coefficient (Wildman–Crippen LogP) is 3.47. The van der Waals surface area contributed by atoms with Gasteiger partial charge in [0.1, 0.15) is 0 Å². The highest BCUT2D eigenvalue weighted by molar-refractivity contribution is 7.99. The second-order valence-electron chi connectivity index (χ2n) is 3.26. The van der Waals surface area contributed by atoms with Gasteiger partial charge < -0.3 is 0 Å². The van der Waals surface area contributed by atoms with Gasteiger partial charge in [-0.25, -0.2) is 0 Å². The molecule has 0 spiro atoms. The van der Waals surface area contributed by atoms with Gasteiger partial charge in [-0.2, -0.15) is 24.9 Å². The number of hydrogen-bond donors (Lipinski definition) is 0. The lowest BCUT2D eigenvalue weighted by Gasteiger charge is -2.29. The van der Waals surface area contributed by atoms with Crippen molar-refractivity contribution < 1.29 is 13.2 Å². The number of thioether (sulfide) groups is 1. The Morgan fingerprint density at radius 1 is 1.25 bits per heavy atom. The van der Waals surface area contributed by atoms with E-state index in [0.29, 0.717) is 12.8 Å². The fourth-order valence-corrected chi connectivity index (χ4v) is 2.48. The van der Waals surface area contributed by atoms with Gasteiger partial charge in [0.2, 0.25) is 0 Å². The van der Waals surface area contributed by atoms with Crippen LogP contribution in [0.3, 0.4) is 0 Å². The van der Waals surface area contributed by atoms with E-state index < -0.39 is 12.1 Å². The van der Waals surface area contributed by atoms with E-state index in [9.17, 15) is 13.2 Å². The van der Waals surface area contributed by atoms with Gasteiger partial charge in [0, 0.05) is 5.25 Å². The minimum Gasteiger partial charge on any atom is -0.171 e. The number of halogens is 3. The Morgan fingerprint density at radius 3 is 2.42 bits per heavy atom. The third kappa shape index (κ3) is 2.57. The molecule has 0 radical (unpaired) electrons. The lowest BCUT2D eigenvalue weighted by molar-refractivity contribution is -0.181. The monoisotopic (exact) mass is 198 g/mol. The zero-order valence-corrected chi connectivity index (χ0v) is 7.84. The minimum absolute atomic E-state index is 0.227. The fraction of sp³-hybridized carbons (Fsp3) is 1.00. The summed E-state index contributed by atoms with van der Waals surface area (Å²) in [7, 11) is 0. The van der Waals surface area contributed by atoms with Gasteiger partial charge in [-0.15, -0.1) is 0 Å². The highest BCUT2D eigenvalue weighted by Gasteiger charge is 2.41. The fourth-order valence-electron chi connectivity index (χ4n) is 1.66. The quantitative estimate of drug-likeness (QED) is 0.621. The summed E-state index contributed by atoms with van der Waals surface area (Å²) in [4.78, 5) is 0. The molecule has 1 fully saturated rings. The summed E-state index contributed by atoms with van der Waals surface area (Å²) in [5, 5.41) is 0.227. The zero-order valence-electron chi connectivity index (χ0n) is 7.03. The van der Waals surface area contributed by atoms with Gasteiger partial charge in [0.15, 0.2) is 0 Å². The maximum Gasteiger partial charge on any atom is 0.391 e. The van der Waals surface area contributed by atoms with Crippen LogP contribution in [0.15, 0.2) is 0 Å². The molecule has 0 nitrogen and oxygen atoms in total. The molecule has 1 aliphatic rings. The van der Waals surface area contributed by atoms with E-state index in [1.165, 1.54) is 0 Å². The normalized spacial score (nSPS) is 32.0. The van der Waals surface area contributed by atoms with E-state index in [4.69, 9.17) is 0 Å². The Bertz CT molecular complexity index is 144. The first kappa shape index (κ1) is 10.2. The molecule has 0 heterocycles. The van der Waals surface area contributed by atoms with Gasteiger partial charge >= 0.3 is 6.18 Å². The largest absolute Gasteiger partial charge is 0.391 e. The molecule has 0 saturated heterocycles. The van der Waals surface area contributed by atoms with Crippen molar-refractivity contribution in [2.45, 2.75) is 37.1 Å². The van der Waals surface area contributed by atoms with Crippen LogP contribution in [-0.4, -0.2) is 17.7 Å². The highest BCUT2D eigenvalue weighted by atomic mass is 32.2. The third-order valence-electron chi connectivity index (χ3n) is 2.42. The first-order valence-corrected chi connectivity index (χ1v) is 5.42. The van der Waals surface area contributed by atoms with Crippen LogP contribution in [0, 0.1) is 5.92 Å². The molecule has 0 aromatic heterocycles. The molecular weight excluding hydrogens is 185 g/mol. The topological polar surface area (TPSA) is 0 Å². The van der Waals surface area contributed by atoms with Crippen LogP contribution >= 0.6 is 11.8 Å². The summed E-state index contributed by atoms with van der Waals surface area (Å²) in [5.74, 6) is -1.04. The molecular formula is C8H13F3S. The van der Waals surface area contributed by atoms with Crippen LogP contribution in [0.5, 0.6) is 0 Å². The van der Waals surface area contributed by atoms with E-state index in [1.54, 1.807) is 11.8 Å². The van der Waals surface area contributed by atoms with Gasteiger partial charge in [-0.05, 0) is 25.5 Å². The molecule has 1 aliphatic carbocycles. The van der Waals surface area contributed by atoms with Crippen LogP contribution in [0.25, 0.3) is 0 Å². The van der Waals surface area contributed by atoms with E-state index >= 15 is 0 Å². The molecule has 12 heavy (non-hydrogen) atoms. The summed E-state index contributed by atoms with van der Waals surface area (Å²) >= 11 is 1.57. The van der Waals surface area contributed by atoms with Gasteiger partial charge in [-0.1, -0.05) is 6.42 Å². The summed E-state index contributed by atoms with van der Waals surface area (Å²) in [6.07, 6.45) is 0.270. The summed E-state index contributed by atoms with van der Waals surface area (Å²) < 4.78 is 36.7. The predicted molar refractivity (Wildman–Crippen MR) is 45.3 cm³/mol. The van der Waals surface area contributed by atoms with Crippen molar-refractivity contribution >= 4 is 11.8 Å². The van der Waals surface area contributed by atoms with Crippen LogP contribution in [0.4, 0.5) is 13.2 Å². The Hall–Kier alpha value is 0.140. The minimum atomic E-state index is -3.96. The second kappa shape index (κ2) is 3.90. The Balaban J connectivity index is 2.46. The van der Waals surface area contributed by atoms with Crippen LogP contribution in [0.2, 0.25) is 0 Å². The van der Waals surface area contributed by atoms with Gasteiger partial charge in [0.05, 0.1) is 5.92 Å². The molecule has 4 heteroatoms. The average molecular weight is 198 g/mol. The summed E-state index contributed by atoms with van der Waals surface area (Å²) in [6, 6.07) is 0. The molecule has 0 aliphatic heterocycles. The van der Waals surface area contributed by atoms with Crippen LogP contribution in [0.1, 0.15) is 25.7 Å². The van der Waals surface area contributed by atoms with E-state index in [1.807, 2.05) is 6.26 Å². The van der Waals surface area contributed by atoms with Gasteiger partial charge in [0.25, 0.3) is 0 Å². The Kier molecular flexibility index (Phi) is 3.32. The first-order chi connectivity index (χ1) is 5.54. The number of hydrogen-bond acceptors (Lipinski definition) is 1. The SMILES string of the molecule is CSC1CCCC(C(F)(F)F)C1. The van der Waals surface area contributed by atoms with E-state index in [-0.39, 0.29) is 5.25 Å². The molecule has 0 aromatic carbocycles. The standard InChI is InChI=1S/C8H13F3S/c1-12-7-4-2-3-6(5-7)8(9,10)11/h6-7H,2-5H2,1H3. The van der Waals surface area contributed by atoms with Crippen LogP contribution in [-0.2, 0) is 0 Å². The second-order valence-corrected chi connectivity index (χ2v) is 4.40. The molecule has 2 atom stereocenters. The maximum absolute atomic E-state index is 12.2. The summed E-state index contributed by atoms with van der Waals surface area (Å²) in [5.41, 5.74) is 0. The average Bonchev–Trinajstić information content (AvgIpc) is 2.03. The Labute approximate surface area is 74.9 Å². The van der Waals surface area contributed by atoms with Crippen molar-refractivity contribution in [3.63, 3.8) is 0 Å². The first-order valence-electron chi connectivity index (χ1n) is 4.13. The van der Waals surface area contributed by atoms with Crippen LogP contribution < -0.4 is 0 Å². The highest BCUT2D eigenvalue weighted by Crippen LogP contribution is 2.40. The molecule has 2 unspecified atom stereocenters. The maximum atomic E-state index is 12.2. The molecule has 0 aromatic rings. The van der Waals surface area contributed by atoms with Gasteiger partial charge in [-0.3, -0.25) is 0 Å². The molecule has 1 saturated carbocycles. The third-order valence-corrected chi connectivity index (χ3v) is 3.52. The number of rotatable bonds is 1. The zero-order chi connectivity index (χ0) is 9.19.